The zero-order valence-electron chi connectivity index (χ0n) is 25.3. The molecule has 0 atom stereocenters. The van der Waals surface area contributed by atoms with Gasteiger partial charge in [0.05, 0.1) is 51.8 Å². The van der Waals surface area contributed by atoms with Gasteiger partial charge >= 0.3 is 0 Å². The number of ether oxygens (including phenoxy) is 1. The molecule has 1 heterocycles. The van der Waals surface area contributed by atoms with Gasteiger partial charge < -0.3 is 30.9 Å². The van der Waals surface area contributed by atoms with Gasteiger partial charge in [-0.3, -0.25) is 9.80 Å². The Hall–Kier alpha value is -4.32. The first kappa shape index (κ1) is 32.2. The first-order chi connectivity index (χ1) is 20.1. The normalized spacial score (nSPS) is 11.8. The monoisotopic (exact) mass is 590 g/mol. The van der Waals surface area contributed by atoms with E-state index >= 15 is 0 Å². The number of amidine groups is 1. The number of anilines is 5. The second-order valence-corrected chi connectivity index (χ2v) is 10.8. The summed E-state index contributed by atoms with van der Waals surface area (Å²) in [6, 6.07) is 13.2. The number of rotatable bonds is 13. The van der Waals surface area contributed by atoms with Crippen molar-refractivity contribution in [3.05, 3.63) is 71.5 Å². The Morgan fingerprint density at radius 3 is 2.48 bits per heavy atom. The number of carbonyl (C=O) groups is 1. The standard InChI is InChI=1S/C31H42N8O2S/c1-8-12-27(39(33)26-14-11-10-13-22(26)32)31-23(15-18-42-31)34-21(3)35-25-19-24(36-30(40)9-2)28(20-29(25)41-7)38(6)17-16-37(4)5/h9-15,18-20H,2,8,16-17,32-33H2,1,3-7H3,(H,34,35)(H,36,40)/b27-12-. The number of nitrogens with one attached hydrogen (secondary N) is 2. The molecule has 0 aliphatic heterocycles. The van der Waals surface area contributed by atoms with Gasteiger partial charge in [0.15, 0.2) is 0 Å². The van der Waals surface area contributed by atoms with E-state index in [1.807, 2.05) is 75.9 Å². The van der Waals surface area contributed by atoms with Crippen molar-refractivity contribution in [2.45, 2.75) is 20.3 Å². The minimum atomic E-state index is -0.303. The van der Waals surface area contributed by atoms with Crippen LogP contribution in [0.15, 0.2) is 71.6 Å². The van der Waals surface area contributed by atoms with Gasteiger partial charge in [0.1, 0.15) is 11.6 Å². The molecule has 224 valence electrons. The number of para-hydroxylation sites is 2. The lowest BCUT2D eigenvalue weighted by Crippen LogP contribution is -2.29. The molecule has 42 heavy (non-hydrogen) atoms. The Bertz CT molecular complexity index is 1450. The van der Waals surface area contributed by atoms with E-state index in [2.05, 4.69) is 40.0 Å². The number of nitrogens with zero attached hydrogens (tertiary/aromatic N) is 4. The predicted octanol–water partition coefficient (Wildman–Crippen LogP) is 5.75. The third-order valence-electron chi connectivity index (χ3n) is 6.39. The summed E-state index contributed by atoms with van der Waals surface area (Å²) in [6.45, 7) is 9.12. The van der Waals surface area contributed by atoms with Gasteiger partial charge in [-0.15, -0.1) is 11.3 Å². The summed E-state index contributed by atoms with van der Waals surface area (Å²) in [5.41, 5.74) is 11.2. The fourth-order valence-electron chi connectivity index (χ4n) is 4.22. The van der Waals surface area contributed by atoms with Crippen molar-refractivity contribution in [1.82, 2.24) is 4.90 Å². The van der Waals surface area contributed by atoms with Crippen molar-refractivity contribution in [2.75, 3.05) is 67.6 Å². The highest BCUT2D eigenvalue weighted by Crippen LogP contribution is 2.39. The lowest BCUT2D eigenvalue weighted by Gasteiger charge is -2.26. The molecule has 10 nitrogen and oxygen atoms in total. The number of hydrazine groups is 1. The molecule has 3 rings (SSSR count). The molecule has 6 N–H and O–H groups in total. The van der Waals surface area contributed by atoms with E-state index in [0.29, 0.717) is 34.3 Å². The number of aliphatic imine (C=N–C) groups is 1. The minimum absolute atomic E-state index is 0.303. The van der Waals surface area contributed by atoms with Crippen LogP contribution >= 0.6 is 11.3 Å². The van der Waals surface area contributed by atoms with Crippen molar-refractivity contribution in [2.24, 2.45) is 10.8 Å². The SMILES string of the molecule is C=CC(=O)Nc1cc(NC(C)=Nc2ccsc2/C(=C/CC)N(N)c2ccccc2N)c(OC)cc1N(C)CCN(C)C. The summed E-state index contributed by atoms with van der Waals surface area (Å²) in [5, 5.41) is 9.87. The summed E-state index contributed by atoms with van der Waals surface area (Å²) in [4.78, 5) is 22.3. The highest BCUT2D eigenvalue weighted by molar-refractivity contribution is 7.11. The summed E-state index contributed by atoms with van der Waals surface area (Å²) in [7, 11) is 7.63. The van der Waals surface area contributed by atoms with Crippen LogP contribution in [0.4, 0.5) is 34.1 Å². The van der Waals surface area contributed by atoms with E-state index in [9.17, 15) is 4.79 Å². The zero-order valence-corrected chi connectivity index (χ0v) is 26.1. The number of methoxy groups -OCH3 is 1. The number of allylic oxidation sites excluding steroid dienone is 1. The second-order valence-electron chi connectivity index (χ2n) is 9.87. The third kappa shape index (κ3) is 8.12. The maximum Gasteiger partial charge on any atom is 0.247 e. The first-order valence-electron chi connectivity index (χ1n) is 13.6. The van der Waals surface area contributed by atoms with E-state index in [-0.39, 0.29) is 5.91 Å². The number of likely N-dealkylation sites (N-methyl/N-ethyl adjacent to an activating group) is 2. The summed E-state index contributed by atoms with van der Waals surface area (Å²) < 4.78 is 5.74. The Morgan fingerprint density at radius 2 is 1.83 bits per heavy atom. The van der Waals surface area contributed by atoms with Gasteiger partial charge in [-0.1, -0.05) is 31.7 Å². The van der Waals surface area contributed by atoms with Gasteiger partial charge in [0.2, 0.25) is 5.91 Å². The smallest absolute Gasteiger partial charge is 0.247 e. The van der Waals surface area contributed by atoms with E-state index in [4.69, 9.17) is 21.3 Å². The van der Waals surface area contributed by atoms with Crippen LogP contribution in [-0.4, -0.2) is 58.0 Å². The summed E-state index contributed by atoms with van der Waals surface area (Å²) >= 11 is 1.55. The van der Waals surface area contributed by atoms with Crippen LogP contribution in [0.5, 0.6) is 5.75 Å². The maximum absolute atomic E-state index is 12.3. The molecule has 11 heteroatoms. The van der Waals surface area contributed by atoms with Crippen molar-refractivity contribution in [3.63, 3.8) is 0 Å². The molecule has 3 aromatic rings. The van der Waals surface area contributed by atoms with Crippen LogP contribution in [0.3, 0.4) is 0 Å². The van der Waals surface area contributed by atoms with Gasteiger partial charge in [-0.05, 0) is 63.2 Å². The molecule has 0 unspecified atom stereocenters. The molecule has 0 aliphatic carbocycles. The van der Waals surface area contributed by atoms with Crippen LogP contribution in [0.25, 0.3) is 5.70 Å². The Morgan fingerprint density at radius 1 is 1.10 bits per heavy atom. The number of carbonyl (C=O) groups excluding carboxylic acids is 1. The number of hydrogen-bond acceptors (Lipinski definition) is 9. The number of benzene rings is 2. The molecular weight excluding hydrogens is 548 g/mol. The lowest BCUT2D eigenvalue weighted by atomic mass is 10.2. The van der Waals surface area contributed by atoms with Crippen LogP contribution < -0.4 is 36.9 Å². The van der Waals surface area contributed by atoms with Gasteiger partial charge in [0.25, 0.3) is 0 Å². The van der Waals surface area contributed by atoms with E-state index in [1.165, 1.54) is 6.08 Å². The molecular formula is C31H42N8O2S. The molecule has 0 bridgehead atoms. The maximum atomic E-state index is 12.3. The number of nitrogens with two attached hydrogens (primary N) is 2. The van der Waals surface area contributed by atoms with Crippen molar-refractivity contribution >= 4 is 62.9 Å². The lowest BCUT2D eigenvalue weighted by molar-refractivity contribution is -0.111. The average Bonchev–Trinajstić information content (AvgIpc) is 3.41. The number of hydrogen-bond donors (Lipinski definition) is 4. The molecule has 0 saturated carbocycles. The number of amides is 1. The quantitative estimate of drug-likeness (QED) is 0.0495. The van der Waals surface area contributed by atoms with Crippen LogP contribution in [0.1, 0.15) is 25.1 Å². The van der Waals surface area contributed by atoms with Gasteiger partial charge in [0, 0.05) is 26.2 Å². The van der Waals surface area contributed by atoms with Crippen molar-refractivity contribution in [3.8, 4) is 5.75 Å². The van der Waals surface area contributed by atoms with Crippen LogP contribution in [-0.2, 0) is 4.79 Å². The summed E-state index contributed by atoms with van der Waals surface area (Å²) in [6.07, 6.45) is 4.08. The second kappa shape index (κ2) is 15.1. The highest BCUT2D eigenvalue weighted by Gasteiger charge is 2.19. The van der Waals surface area contributed by atoms with Crippen LogP contribution in [0, 0.1) is 0 Å². The van der Waals surface area contributed by atoms with Crippen molar-refractivity contribution in [1.29, 1.82) is 0 Å². The third-order valence-corrected chi connectivity index (χ3v) is 7.32. The number of nitrogen functional groups attached to an aromatic ring is 1. The Labute approximate surface area is 252 Å². The fraction of sp³-hybridized carbons (Fsp3) is 0.290. The molecule has 1 aromatic heterocycles. The minimum Gasteiger partial charge on any atom is -0.494 e. The number of thiophene rings is 1. The van der Waals surface area contributed by atoms with Gasteiger partial charge in [-0.25, -0.2) is 10.8 Å². The Balaban J connectivity index is 1.98. The van der Waals surface area contributed by atoms with Gasteiger partial charge in [-0.2, -0.15) is 0 Å². The molecule has 1 amide bonds. The first-order valence-corrected chi connectivity index (χ1v) is 14.5. The zero-order chi connectivity index (χ0) is 30.8. The van der Waals surface area contributed by atoms with E-state index in [0.717, 1.165) is 41.5 Å². The average molecular weight is 591 g/mol. The Kier molecular flexibility index (Phi) is 11.5. The van der Waals surface area contributed by atoms with E-state index in [1.54, 1.807) is 23.5 Å². The topological polar surface area (TPSA) is 124 Å². The fourth-order valence-corrected chi connectivity index (χ4v) is 5.09. The molecule has 0 radical (unpaired) electrons. The van der Waals surface area contributed by atoms with Crippen molar-refractivity contribution < 1.29 is 9.53 Å². The molecule has 2 aromatic carbocycles. The molecule has 0 spiro atoms. The molecule has 0 saturated heterocycles. The van der Waals surface area contributed by atoms with Crippen LogP contribution in [0.2, 0.25) is 0 Å². The largest absolute Gasteiger partial charge is 0.494 e. The summed E-state index contributed by atoms with van der Waals surface area (Å²) in [5.74, 6) is 7.52. The van der Waals surface area contributed by atoms with E-state index < -0.39 is 0 Å². The predicted molar refractivity (Wildman–Crippen MR) is 180 cm³/mol. The highest BCUT2D eigenvalue weighted by atomic mass is 32.1. The molecule has 0 fully saturated rings. The molecule has 0 aliphatic rings.